The topological polar surface area (TPSA) is 21.3 Å². The van der Waals surface area contributed by atoms with E-state index >= 15 is 0 Å². The highest BCUT2D eigenvalue weighted by Crippen LogP contribution is 2.26. The number of benzene rings is 1. The number of ether oxygens (including phenoxy) is 1. The van der Waals surface area contributed by atoms with E-state index in [2.05, 4.69) is 33.0 Å². The molecule has 1 unspecified atom stereocenters. The van der Waals surface area contributed by atoms with Crippen molar-refractivity contribution in [1.82, 2.24) is 5.32 Å². The Labute approximate surface area is 122 Å². The Morgan fingerprint density at radius 1 is 1.26 bits per heavy atom. The molecule has 3 heteroatoms. The number of aryl methyl sites for hydroxylation is 1. The predicted molar refractivity (Wildman–Crippen MR) is 83.2 cm³/mol. The van der Waals surface area contributed by atoms with Crippen LogP contribution in [0.1, 0.15) is 39.2 Å². The number of halogens is 1. The molecular weight excluding hydrogens is 258 g/mol. The Kier molecular flexibility index (Phi) is 7.25. The first-order chi connectivity index (χ1) is 9.02. The molecule has 1 rings (SSSR count). The van der Waals surface area contributed by atoms with E-state index in [0.717, 1.165) is 31.7 Å². The van der Waals surface area contributed by atoms with Crippen LogP contribution in [0.25, 0.3) is 0 Å². The molecular formula is C16H26ClNO. The summed E-state index contributed by atoms with van der Waals surface area (Å²) in [5, 5.41) is 4.15. The molecule has 0 spiro atoms. The van der Waals surface area contributed by atoms with Crippen LogP contribution >= 0.6 is 11.6 Å². The van der Waals surface area contributed by atoms with Crippen LogP contribution < -0.4 is 10.1 Å². The maximum atomic E-state index is 6.18. The van der Waals surface area contributed by atoms with Gasteiger partial charge in [-0.1, -0.05) is 44.9 Å². The van der Waals surface area contributed by atoms with Gasteiger partial charge in [-0.2, -0.15) is 0 Å². The lowest BCUT2D eigenvalue weighted by Gasteiger charge is -2.21. The van der Waals surface area contributed by atoms with Crippen LogP contribution in [-0.2, 0) is 0 Å². The van der Waals surface area contributed by atoms with Crippen LogP contribution in [0.3, 0.4) is 0 Å². The third-order valence-corrected chi connectivity index (χ3v) is 3.23. The second kappa shape index (κ2) is 8.44. The molecule has 19 heavy (non-hydrogen) atoms. The molecule has 0 amide bonds. The van der Waals surface area contributed by atoms with Gasteiger partial charge in [0.05, 0.1) is 5.02 Å². The van der Waals surface area contributed by atoms with Crippen molar-refractivity contribution < 1.29 is 4.74 Å². The summed E-state index contributed by atoms with van der Waals surface area (Å²) in [6.45, 7) is 10.5. The molecule has 1 N–H and O–H groups in total. The van der Waals surface area contributed by atoms with Gasteiger partial charge in [0.15, 0.2) is 0 Å². The van der Waals surface area contributed by atoms with Crippen molar-refractivity contribution in [2.24, 2.45) is 5.92 Å². The summed E-state index contributed by atoms with van der Waals surface area (Å²) < 4.78 is 6.05. The van der Waals surface area contributed by atoms with Gasteiger partial charge in [-0.15, -0.1) is 0 Å². The lowest BCUT2D eigenvalue weighted by Crippen LogP contribution is -2.33. The summed E-state index contributed by atoms with van der Waals surface area (Å²) in [5.41, 5.74) is 1.17. The molecule has 0 radical (unpaired) electrons. The Hall–Kier alpha value is -0.730. The average Bonchev–Trinajstić information content (AvgIpc) is 2.33. The van der Waals surface area contributed by atoms with Gasteiger partial charge in [0, 0.05) is 6.54 Å². The fourth-order valence-corrected chi connectivity index (χ4v) is 2.10. The SMILES string of the molecule is CCCC(CNCC(C)C)Oc1cc(C)ccc1Cl. The smallest absolute Gasteiger partial charge is 0.138 e. The molecule has 0 aliphatic rings. The summed E-state index contributed by atoms with van der Waals surface area (Å²) in [7, 11) is 0. The Balaban J connectivity index is 2.58. The van der Waals surface area contributed by atoms with Gasteiger partial charge in [0.1, 0.15) is 11.9 Å². The largest absolute Gasteiger partial charge is 0.488 e. The molecule has 1 atom stereocenters. The molecule has 0 bridgehead atoms. The minimum atomic E-state index is 0.183. The standard InChI is InChI=1S/C16H26ClNO/c1-5-6-14(11-18-10-12(2)3)19-16-9-13(4)7-8-15(16)17/h7-9,12,14,18H,5-6,10-11H2,1-4H3. The molecule has 0 saturated heterocycles. The van der Waals surface area contributed by atoms with Crippen molar-refractivity contribution in [2.45, 2.75) is 46.6 Å². The van der Waals surface area contributed by atoms with Gasteiger partial charge in [0.2, 0.25) is 0 Å². The maximum Gasteiger partial charge on any atom is 0.138 e. The second-order valence-electron chi connectivity index (χ2n) is 5.51. The normalized spacial score (nSPS) is 12.7. The van der Waals surface area contributed by atoms with Gasteiger partial charge >= 0.3 is 0 Å². The van der Waals surface area contributed by atoms with E-state index in [1.54, 1.807) is 0 Å². The van der Waals surface area contributed by atoms with E-state index in [1.165, 1.54) is 5.56 Å². The number of nitrogens with one attached hydrogen (secondary N) is 1. The van der Waals surface area contributed by atoms with E-state index < -0.39 is 0 Å². The van der Waals surface area contributed by atoms with Crippen LogP contribution in [0.5, 0.6) is 5.75 Å². The number of rotatable bonds is 8. The molecule has 0 heterocycles. The van der Waals surface area contributed by atoms with Crippen molar-refractivity contribution >= 4 is 11.6 Å². The first-order valence-corrected chi connectivity index (χ1v) is 7.54. The van der Waals surface area contributed by atoms with Crippen molar-refractivity contribution in [3.63, 3.8) is 0 Å². The van der Waals surface area contributed by atoms with E-state index in [0.29, 0.717) is 10.9 Å². The molecule has 2 nitrogen and oxygen atoms in total. The van der Waals surface area contributed by atoms with Crippen LogP contribution in [0, 0.1) is 12.8 Å². The highest BCUT2D eigenvalue weighted by molar-refractivity contribution is 6.32. The molecule has 1 aromatic rings. The van der Waals surface area contributed by atoms with E-state index in [4.69, 9.17) is 16.3 Å². The molecule has 0 fully saturated rings. The van der Waals surface area contributed by atoms with E-state index in [1.807, 2.05) is 18.2 Å². The summed E-state index contributed by atoms with van der Waals surface area (Å²) in [4.78, 5) is 0. The van der Waals surface area contributed by atoms with Crippen molar-refractivity contribution in [1.29, 1.82) is 0 Å². The lowest BCUT2D eigenvalue weighted by atomic mass is 10.2. The average molecular weight is 284 g/mol. The first kappa shape index (κ1) is 16.3. The van der Waals surface area contributed by atoms with E-state index in [9.17, 15) is 0 Å². The Morgan fingerprint density at radius 3 is 2.63 bits per heavy atom. The minimum Gasteiger partial charge on any atom is -0.488 e. The fraction of sp³-hybridized carbons (Fsp3) is 0.625. The molecule has 0 aromatic heterocycles. The zero-order valence-corrected chi connectivity index (χ0v) is 13.3. The van der Waals surface area contributed by atoms with Crippen LogP contribution in [0.4, 0.5) is 0 Å². The summed E-state index contributed by atoms with van der Waals surface area (Å²) in [6.07, 6.45) is 2.33. The second-order valence-corrected chi connectivity index (χ2v) is 5.92. The number of hydrogen-bond donors (Lipinski definition) is 1. The van der Waals surface area contributed by atoms with Gasteiger partial charge in [-0.3, -0.25) is 0 Å². The molecule has 0 aliphatic carbocycles. The molecule has 108 valence electrons. The van der Waals surface area contributed by atoms with Crippen molar-refractivity contribution in [2.75, 3.05) is 13.1 Å². The van der Waals surface area contributed by atoms with E-state index in [-0.39, 0.29) is 6.10 Å². The summed E-state index contributed by atoms with van der Waals surface area (Å²) in [6, 6.07) is 5.91. The Bertz CT molecular complexity index is 379. The third kappa shape index (κ3) is 6.31. The van der Waals surface area contributed by atoms with Crippen molar-refractivity contribution in [3.05, 3.63) is 28.8 Å². The summed E-state index contributed by atoms with van der Waals surface area (Å²) in [5.74, 6) is 1.45. The fourth-order valence-electron chi connectivity index (χ4n) is 1.94. The zero-order chi connectivity index (χ0) is 14.3. The van der Waals surface area contributed by atoms with Crippen LogP contribution in [-0.4, -0.2) is 19.2 Å². The van der Waals surface area contributed by atoms with Gasteiger partial charge in [0.25, 0.3) is 0 Å². The van der Waals surface area contributed by atoms with Crippen LogP contribution in [0.15, 0.2) is 18.2 Å². The Morgan fingerprint density at radius 2 is 2.00 bits per heavy atom. The maximum absolute atomic E-state index is 6.18. The zero-order valence-electron chi connectivity index (χ0n) is 12.5. The highest BCUT2D eigenvalue weighted by Gasteiger charge is 2.12. The highest BCUT2D eigenvalue weighted by atomic mass is 35.5. The monoisotopic (exact) mass is 283 g/mol. The van der Waals surface area contributed by atoms with Crippen molar-refractivity contribution in [3.8, 4) is 5.75 Å². The lowest BCUT2D eigenvalue weighted by molar-refractivity contribution is 0.185. The predicted octanol–water partition coefficient (Wildman–Crippen LogP) is 4.44. The molecule has 0 aliphatic heterocycles. The van der Waals surface area contributed by atoms with Gasteiger partial charge < -0.3 is 10.1 Å². The quantitative estimate of drug-likeness (QED) is 0.761. The molecule has 0 saturated carbocycles. The summed E-state index contributed by atoms with van der Waals surface area (Å²) >= 11 is 6.18. The van der Waals surface area contributed by atoms with Gasteiger partial charge in [-0.05, 0) is 43.5 Å². The van der Waals surface area contributed by atoms with Gasteiger partial charge in [-0.25, -0.2) is 0 Å². The number of hydrogen-bond acceptors (Lipinski definition) is 2. The van der Waals surface area contributed by atoms with Crippen LogP contribution in [0.2, 0.25) is 5.02 Å². The third-order valence-electron chi connectivity index (χ3n) is 2.92. The minimum absolute atomic E-state index is 0.183. The first-order valence-electron chi connectivity index (χ1n) is 7.16. The molecule has 1 aromatic carbocycles.